The van der Waals surface area contributed by atoms with Gasteiger partial charge >= 0.3 is 6.18 Å². The van der Waals surface area contributed by atoms with Gasteiger partial charge in [0.25, 0.3) is 5.91 Å². The first-order valence-corrected chi connectivity index (χ1v) is 10.5. The molecule has 0 bridgehead atoms. The van der Waals surface area contributed by atoms with E-state index in [0.29, 0.717) is 23.3 Å². The molecule has 2 aromatic carbocycles. The van der Waals surface area contributed by atoms with Crippen molar-refractivity contribution >= 4 is 23.2 Å². The van der Waals surface area contributed by atoms with E-state index in [1.165, 1.54) is 23.5 Å². The number of amides is 2. The fraction of sp³-hybridized carbons (Fsp3) is 0.217. The highest BCUT2D eigenvalue weighted by atomic mass is 32.1. The number of halogens is 3. The Morgan fingerprint density at radius 1 is 0.903 bits per heavy atom. The highest BCUT2D eigenvalue weighted by Crippen LogP contribution is 2.29. The zero-order valence-corrected chi connectivity index (χ0v) is 17.3. The molecule has 0 aliphatic rings. The molecule has 31 heavy (non-hydrogen) atoms. The number of carbonyl (C=O) groups is 2. The largest absolute Gasteiger partial charge is 0.416 e. The fourth-order valence-electron chi connectivity index (χ4n) is 3.01. The van der Waals surface area contributed by atoms with Crippen LogP contribution in [0.3, 0.4) is 0 Å². The van der Waals surface area contributed by atoms with Gasteiger partial charge in [0.05, 0.1) is 10.4 Å². The molecule has 0 radical (unpaired) electrons. The van der Waals surface area contributed by atoms with Crippen LogP contribution in [0.1, 0.15) is 26.4 Å². The molecule has 3 aromatic rings. The first-order chi connectivity index (χ1) is 14.8. The highest BCUT2D eigenvalue weighted by molar-refractivity contribution is 7.12. The van der Waals surface area contributed by atoms with Gasteiger partial charge in [0, 0.05) is 13.0 Å². The van der Waals surface area contributed by atoms with Crippen LogP contribution < -0.4 is 10.6 Å². The minimum Gasteiger partial charge on any atom is -0.354 e. The predicted octanol–water partition coefficient (Wildman–Crippen LogP) is 4.47. The van der Waals surface area contributed by atoms with Crippen molar-refractivity contribution in [2.24, 2.45) is 0 Å². The zero-order chi connectivity index (χ0) is 22.3. The Bertz CT molecular complexity index is 988. The van der Waals surface area contributed by atoms with Gasteiger partial charge in [0.2, 0.25) is 5.91 Å². The SMILES string of the molecule is O=C(N[C@@H](Cc1ccccc1)C(=O)NCCc1ccc(C(F)(F)F)cc1)c1cccs1. The van der Waals surface area contributed by atoms with Crippen molar-refractivity contribution in [3.63, 3.8) is 0 Å². The lowest BCUT2D eigenvalue weighted by molar-refractivity contribution is -0.137. The quantitative estimate of drug-likeness (QED) is 0.537. The van der Waals surface area contributed by atoms with Crippen LogP contribution in [0.4, 0.5) is 13.2 Å². The van der Waals surface area contributed by atoms with Gasteiger partial charge in [0.15, 0.2) is 0 Å². The predicted molar refractivity (Wildman–Crippen MR) is 114 cm³/mol. The van der Waals surface area contributed by atoms with Crippen molar-refractivity contribution < 1.29 is 22.8 Å². The molecule has 3 rings (SSSR count). The van der Waals surface area contributed by atoms with E-state index in [9.17, 15) is 22.8 Å². The zero-order valence-electron chi connectivity index (χ0n) is 16.5. The third-order valence-electron chi connectivity index (χ3n) is 4.64. The molecule has 1 aromatic heterocycles. The molecule has 0 fully saturated rings. The highest BCUT2D eigenvalue weighted by Gasteiger charge is 2.30. The minimum absolute atomic E-state index is 0.240. The standard InChI is InChI=1S/C23H21F3N2O2S/c24-23(25,26)18-10-8-16(9-11-18)12-13-27-21(29)19(15-17-5-2-1-3-6-17)28-22(30)20-7-4-14-31-20/h1-11,14,19H,12-13,15H2,(H,27,29)(H,28,30)/t19-/m0/s1. The van der Waals surface area contributed by atoms with Gasteiger partial charge in [-0.2, -0.15) is 13.2 Å². The summed E-state index contributed by atoms with van der Waals surface area (Å²) < 4.78 is 38.0. The molecule has 162 valence electrons. The molecular formula is C23H21F3N2O2S. The number of carbonyl (C=O) groups excluding carboxylic acids is 2. The van der Waals surface area contributed by atoms with Crippen LogP contribution in [-0.2, 0) is 23.8 Å². The maximum Gasteiger partial charge on any atom is 0.416 e. The van der Waals surface area contributed by atoms with E-state index in [2.05, 4.69) is 10.6 Å². The third-order valence-corrected chi connectivity index (χ3v) is 5.51. The number of rotatable bonds is 8. The van der Waals surface area contributed by atoms with Crippen molar-refractivity contribution in [1.29, 1.82) is 0 Å². The number of alkyl halides is 3. The number of hydrogen-bond acceptors (Lipinski definition) is 3. The molecule has 2 amide bonds. The fourth-order valence-corrected chi connectivity index (χ4v) is 3.64. The van der Waals surface area contributed by atoms with Crippen molar-refractivity contribution in [1.82, 2.24) is 10.6 Å². The summed E-state index contributed by atoms with van der Waals surface area (Å²) in [6.45, 7) is 0.240. The maximum absolute atomic E-state index is 12.8. The second-order valence-corrected chi connectivity index (χ2v) is 7.88. The molecule has 4 nitrogen and oxygen atoms in total. The molecule has 0 spiro atoms. The molecule has 2 N–H and O–H groups in total. The lowest BCUT2D eigenvalue weighted by atomic mass is 10.0. The average molecular weight is 446 g/mol. The second-order valence-electron chi connectivity index (χ2n) is 6.93. The molecule has 0 aliphatic heterocycles. The van der Waals surface area contributed by atoms with E-state index in [4.69, 9.17) is 0 Å². The topological polar surface area (TPSA) is 58.2 Å². The Kier molecular flexibility index (Phi) is 7.46. The summed E-state index contributed by atoms with van der Waals surface area (Å²) in [7, 11) is 0. The smallest absolute Gasteiger partial charge is 0.354 e. The normalized spacial score (nSPS) is 12.2. The monoisotopic (exact) mass is 446 g/mol. The Labute approximate surface area is 182 Å². The van der Waals surface area contributed by atoms with Crippen LogP contribution in [0.2, 0.25) is 0 Å². The Morgan fingerprint density at radius 3 is 2.23 bits per heavy atom. The average Bonchev–Trinajstić information content (AvgIpc) is 3.29. The van der Waals surface area contributed by atoms with Gasteiger partial charge < -0.3 is 10.6 Å². The van der Waals surface area contributed by atoms with Crippen LogP contribution in [-0.4, -0.2) is 24.4 Å². The first kappa shape index (κ1) is 22.6. The molecular weight excluding hydrogens is 425 g/mol. The first-order valence-electron chi connectivity index (χ1n) is 9.65. The lowest BCUT2D eigenvalue weighted by Crippen LogP contribution is -2.48. The van der Waals surface area contributed by atoms with E-state index in [1.54, 1.807) is 17.5 Å². The summed E-state index contributed by atoms with van der Waals surface area (Å²) in [6.07, 6.45) is -3.68. The van der Waals surface area contributed by atoms with Crippen LogP contribution in [0.15, 0.2) is 72.1 Å². The third kappa shape index (κ3) is 6.68. The van der Waals surface area contributed by atoms with Crippen LogP contribution in [0, 0.1) is 0 Å². The van der Waals surface area contributed by atoms with Gasteiger partial charge in [-0.1, -0.05) is 48.5 Å². The Hall–Kier alpha value is -3.13. The van der Waals surface area contributed by atoms with E-state index < -0.39 is 17.8 Å². The molecule has 1 atom stereocenters. The summed E-state index contributed by atoms with van der Waals surface area (Å²) in [5.41, 5.74) is 0.867. The molecule has 0 saturated heterocycles. The van der Waals surface area contributed by atoms with Gasteiger partial charge in [-0.25, -0.2) is 0 Å². The van der Waals surface area contributed by atoms with E-state index in [-0.39, 0.29) is 18.4 Å². The maximum atomic E-state index is 12.8. The minimum atomic E-state index is -4.38. The van der Waals surface area contributed by atoms with Gasteiger partial charge in [-0.05, 0) is 41.1 Å². The summed E-state index contributed by atoms with van der Waals surface area (Å²) in [5, 5.41) is 7.33. The summed E-state index contributed by atoms with van der Waals surface area (Å²) >= 11 is 1.29. The van der Waals surface area contributed by atoms with Crippen molar-refractivity contribution in [3.05, 3.63) is 93.7 Å². The number of thiophene rings is 1. The van der Waals surface area contributed by atoms with Gasteiger partial charge in [-0.3, -0.25) is 9.59 Å². The van der Waals surface area contributed by atoms with Crippen molar-refractivity contribution in [3.8, 4) is 0 Å². The number of nitrogens with one attached hydrogen (secondary N) is 2. The Morgan fingerprint density at radius 2 is 1.61 bits per heavy atom. The number of benzene rings is 2. The van der Waals surface area contributed by atoms with Crippen LogP contribution in [0.25, 0.3) is 0 Å². The molecule has 1 heterocycles. The van der Waals surface area contributed by atoms with E-state index >= 15 is 0 Å². The van der Waals surface area contributed by atoms with Crippen LogP contribution in [0.5, 0.6) is 0 Å². The van der Waals surface area contributed by atoms with E-state index in [1.807, 2.05) is 30.3 Å². The van der Waals surface area contributed by atoms with Crippen LogP contribution >= 0.6 is 11.3 Å². The van der Waals surface area contributed by atoms with Crippen molar-refractivity contribution in [2.45, 2.75) is 25.1 Å². The van der Waals surface area contributed by atoms with Crippen molar-refractivity contribution in [2.75, 3.05) is 6.54 Å². The molecule has 0 unspecified atom stereocenters. The second kappa shape index (κ2) is 10.3. The summed E-state index contributed by atoms with van der Waals surface area (Å²) in [6, 6.07) is 16.8. The number of hydrogen-bond donors (Lipinski definition) is 2. The lowest BCUT2D eigenvalue weighted by Gasteiger charge is -2.18. The van der Waals surface area contributed by atoms with Gasteiger partial charge in [0.1, 0.15) is 6.04 Å². The molecule has 0 saturated carbocycles. The summed E-state index contributed by atoms with van der Waals surface area (Å²) in [4.78, 5) is 25.7. The van der Waals surface area contributed by atoms with E-state index in [0.717, 1.165) is 17.7 Å². The molecule has 8 heteroatoms. The van der Waals surface area contributed by atoms with Gasteiger partial charge in [-0.15, -0.1) is 11.3 Å². The summed E-state index contributed by atoms with van der Waals surface area (Å²) in [5.74, 6) is -0.672. The molecule has 0 aliphatic carbocycles. The Balaban J connectivity index is 1.60.